The van der Waals surface area contributed by atoms with Gasteiger partial charge in [0, 0.05) is 25.9 Å². The molecule has 3 fully saturated rings. The van der Waals surface area contributed by atoms with Crippen molar-refractivity contribution in [2.45, 2.75) is 43.7 Å². The van der Waals surface area contributed by atoms with Crippen molar-refractivity contribution in [3.63, 3.8) is 0 Å². The summed E-state index contributed by atoms with van der Waals surface area (Å²) in [7, 11) is 0. The van der Waals surface area contributed by atoms with Crippen molar-refractivity contribution in [1.29, 1.82) is 0 Å². The van der Waals surface area contributed by atoms with Crippen molar-refractivity contribution in [3.8, 4) is 0 Å². The zero-order chi connectivity index (χ0) is 16.7. The molecule has 3 heterocycles. The van der Waals surface area contributed by atoms with Crippen molar-refractivity contribution in [1.82, 2.24) is 10.2 Å². The standard InChI is InChI=1S/C14H19F3N2O4/c15-14(16,17)10-2-1-9(11(20)18-10)12(21)19-5-3-13(4-6-19)22-7-8-23-13/h9-10H,1-8H2,(H,18,20)/t9-,10-/m0/s1. The molecule has 2 atom stereocenters. The molecule has 0 aromatic rings. The summed E-state index contributed by atoms with van der Waals surface area (Å²) in [6.45, 7) is 1.81. The van der Waals surface area contributed by atoms with Crippen LogP contribution in [0, 0.1) is 5.92 Å². The normalized spacial score (nSPS) is 31.3. The van der Waals surface area contributed by atoms with Crippen LogP contribution in [0.15, 0.2) is 0 Å². The van der Waals surface area contributed by atoms with Crippen LogP contribution < -0.4 is 5.32 Å². The highest BCUT2D eigenvalue weighted by molar-refractivity contribution is 6.00. The van der Waals surface area contributed by atoms with Gasteiger partial charge in [0.05, 0.1) is 13.2 Å². The number of rotatable bonds is 1. The van der Waals surface area contributed by atoms with Gasteiger partial charge in [-0.25, -0.2) is 0 Å². The van der Waals surface area contributed by atoms with Crippen LogP contribution in [0.2, 0.25) is 0 Å². The number of ether oxygens (including phenoxy) is 2. The lowest BCUT2D eigenvalue weighted by molar-refractivity contribution is -0.190. The molecule has 0 aromatic heterocycles. The maximum Gasteiger partial charge on any atom is 0.408 e. The highest BCUT2D eigenvalue weighted by Gasteiger charge is 2.48. The van der Waals surface area contributed by atoms with Gasteiger partial charge in [-0.15, -0.1) is 0 Å². The summed E-state index contributed by atoms with van der Waals surface area (Å²) < 4.78 is 49.0. The molecular weight excluding hydrogens is 317 g/mol. The summed E-state index contributed by atoms with van der Waals surface area (Å²) in [6.07, 6.45) is -3.80. The summed E-state index contributed by atoms with van der Waals surface area (Å²) in [6, 6.07) is -1.86. The predicted octanol–water partition coefficient (Wildman–Crippen LogP) is 0.809. The second-order valence-corrected chi connectivity index (χ2v) is 6.17. The third-order valence-corrected chi connectivity index (χ3v) is 4.72. The molecule has 1 N–H and O–H groups in total. The number of carbonyl (C=O) groups excluding carboxylic acids is 2. The fourth-order valence-electron chi connectivity index (χ4n) is 3.36. The molecular formula is C14H19F3N2O4. The van der Waals surface area contributed by atoms with Crippen LogP contribution in [-0.2, 0) is 19.1 Å². The van der Waals surface area contributed by atoms with E-state index in [1.807, 2.05) is 5.32 Å². The molecule has 3 saturated heterocycles. The Kier molecular flexibility index (Phi) is 4.26. The van der Waals surface area contributed by atoms with Gasteiger partial charge in [-0.1, -0.05) is 0 Å². The largest absolute Gasteiger partial charge is 0.408 e. The van der Waals surface area contributed by atoms with Crippen LogP contribution in [0.3, 0.4) is 0 Å². The molecule has 0 aromatic carbocycles. The maximum atomic E-state index is 12.6. The SMILES string of the molecule is O=C1N[C@H](C(F)(F)F)CC[C@@H]1C(=O)N1CCC2(CC1)OCCO2. The summed E-state index contributed by atoms with van der Waals surface area (Å²) in [5.41, 5.74) is 0. The van der Waals surface area contributed by atoms with E-state index in [0.717, 1.165) is 0 Å². The number of nitrogens with zero attached hydrogens (tertiary/aromatic N) is 1. The molecule has 0 unspecified atom stereocenters. The number of nitrogens with one attached hydrogen (secondary N) is 1. The smallest absolute Gasteiger partial charge is 0.347 e. The molecule has 3 aliphatic heterocycles. The number of halogens is 3. The van der Waals surface area contributed by atoms with Gasteiger partial charge in [-0.05, 0) is 12.8 Å². The zero-order valence-electron chi connectivity index (χ0n) is 12.5. The molecule has 130 valence electrons. The average molecular weight is 336 g/mol. The Bertz CT molecular complexity index is 481. The molecule has 23 heavy (non-hydrogen) atoms. The predicted molar refractivity (Wildman–Crippen MR) is 71.2 cm³/mol. The van der Waals surface area contributed by atoms with E-state index < -0.39 is 35.7 Å². The number of amides is 2. The number of hydrogen-bond acceptors (Lipinski definition) is 4. The first kappa shape index (κ1) is 16.5. The van der Waals surface area contributed by atoms with E-state index >= 15 is 0 Å². The summed E-state index contributed by atoms with van der Waals surface area (Å²) in [5.74, 6) is -2.91. The van der Waals surface area contributed by atoms with Gasteiger partial charge in [0.2, 0.25) is 11.8 Å². The van der Waals surface area contributed by atoms with Crippen molar-refractivity contribution in [2.75, 3.05) is 26.3 Å². The molecule has 0 bridgehead atoms. The Morgan fingerprint density at radius 2 is 1.78 bits per heavy atom. The number of alkyl halides is 3. The van der Waals surface area contributed by atoms with Gasteiger partial charge < -0.3 is 19.7 Å². The van der Waals surface area contributed by atoms with Gasteiger partial charge in [0.1, 0.15) is 12.0 Å². The Labute approximate surface area is 131 Å². The van der Waals surface area contributed by atoms with Crippen LogP contribution in [0.4, 0.5) is 13.2 Å². The first-order chi connectivity index (χ1) is 10.8. The van der Waals surface area contributed by atoms with E-state index in [1.165, 1.54) is 4.90 Å². The van der Waals surface area contributed by atoms with E-state index in [4.69, 9.17) is 9.47 Å². The molecule has 6 nitrogen and oxygen atoms in total. The second kappa shape index (κ2) is 5.94. The van der Waals surface area contributed by atoms with Gasteiger partial charge in [0.15, 0.2) is 5.79 Å². The van der Waals surface area contributed by atoms with Crippen LogP contribution in [0.1, 0.15) is 25.7 Å². The van der Waals surface area contributed by atoms with E-state index in [9.17, 15) is 22.8 Å². The van der Waals surface area contributed by atoms with E-state index in [2.05, 4.69) is 0 Å². The Balaban J connectivity index is 1.56. The quantitative estimate of drug-likeness (QED) is 0.720. The fraction of sp³-hybridized carbons (Fsp3) is 0.857. The molecule has 0 saturated carbocycles. The number of hydrogen-bond donors (Lipinski definition) is 1. The van der Waals surface area contributed by atoms with Gasteiger partial charge in [-0.3, -0.25) is 9.59 Å². The first-order valence-corrected chi connectivity index (χ1v) is 7.75. The molecule has 3 aliphatic rings. The molecule has 0 radical (unpaired) electrons. The van der Waals surface area contributed by atoms with E-state index in [1.54, 1.807) is 0 Å². The lowest BCUT2D eigenvalue weighted by Gasteiger charge is -2.39. The van der Waals surface area contributed by atoms with E-state index in [0.29, 0.717) is 39.1 Å². The molecule has 3 rings (SSSR count). The lowest BCUT2D eigenvalue weighted by Crippen LogP contribution is -2.56. The van der Waals surface area contributed by atoms with Crippen molar-refractivity contribution < 1.29 is 32.2 Å². The monoisotopic (exact) mass is 336 g/mol. The highest BCUT2D eigenvalue weighted by Crippen LogP contribution is 2.33. The third kappa shape index (κ3) is 3.30. The van der Waals surface area contributed by atoms with Crippen molar-refractivity contribution >= 4 is 11.8 Å². The topological polar surface area (TPSA) is 67.9 Å². The molecule has 0 aliphatic carbocycles. The van der Waals surface area contributed by atoms with Crippen molar-refractivity contribution in [2.24, 2.45) is 5.92 Å². The van der Waals surface area contributed by atoms with Gasteiger partial charge >= 0.3 is 6.18 Å². The van der Waals surface area contributed by atoms with Gasteiger partial charge in [0.25, 0.3) is 0 Å². The Hall–Kier alpha value is -1.35. The first-order valence-electron chi connectivity index (χ1n) is 7.75. The summed E-state index contributed by atoms with van der Waals surface area (Å²) >= 11 is 0. The van der Waals surface area contributed by atoms with Crippen LogP contribution in [-0.4, -0.2) is 61.0 Å². The molecule has 1 spiro atoms. The average Bonchev–Trinajstić information content (AvgIpc) is 2.94. The number of piperidine rings is 2. The van der Waals surface area contributed by atoms with Crippen LogP contribution in [0.25, 0.3) is 0 Å². The minimum Gasteiger partial charge on any atom is -0.347 e. The number of carbonyl (C=O) groups is 2. The maximum absolute atomic E-state index is 12.6. The minimum absolute atomic E-state index is 0.0799. The molecule has 9 heteroatoms. The van der Waals surface area contributed by atoms with Gasteiger partial charge in [-0.2, -0.15) is 13.2 Å². The highest BCUT2D eigenvalue weighted by atomic mass is 19.4. The second-order valence-electron chi connectivity index (χ2n) is 6.17. The zero-order valence-corrected chi connectivity index (χ0v) is 12.5. The lowest BCUT2D eigenvalue weighted by atomic mass is 9.91. The number of likely N-dealkylation sites (tertiary alicyclic amines) is 1. The van der Waals surface area contributed by atoms with Crippen LogP contribution >= 0.6 is 0 Å². The van der Waals surface area contributed by atoms with E-state index in [-0.39, 0.29) is 12.8 Å². The Morgan fingerprint density at radius 3 is 2.30 bits per heavy atom. The summed E-state index contributed by atoms with van der Waals surface area (Å²) in [5, 5.41) is 1.91. The Morgan fingerprint density at radius 1 is 1.17 bits per heavy atom. The van der Waals surface area contributed by atoms with Crippen molar-refractivity contribution in [3.05, 3.63) is 0 Å². The minimum atomic E-state index is -4.47. The van der Waals surface area contributed by atoms with Crippen LogP contribution in [0.5, 0.6) is 0 Å². The molecule has 2 amide bonds. The third-order valence-electron chi connectivity index (χ3n) is 4.72. The fourth-order valence-corrected chi connectivity index (χ4v) is 3.36. The summed E-state index contributed by atoms with van der Waals surface area (Å²) in [4.78, 5) is 25.8.